The van der Waals surface area contributed by atoms with Gasteiger partial charge in [0.25, 0.3) is 0 Å². The van der Waals surface area contributed by atoms with Crippen molar-refractivity contribution in [2.45, 2.75) is 19.3 Å². The summed E-state index contributed by atoms with van der Waals surface area (Å²) in [6.07, 6.45) is 3.82. The first kappa shape index (κ1) is 12.9. The van der Waals surface area contributed by atoms with E-state index in [1.165, 1.54) is 12.8 Å². The maximum Gasteiger partial charge on any atom is 0.211 e. The van der Waals surface area contributed by atoms with E-state index < -0.39 is 10.0 Å². The summed E-state index contributed by atoms with van der Waals surface area (Å²) in [5.74, 6) is 0.753. The zero-order chi connectivity index (χ0) is 11.1. The minimum Gasteiger partial charge on any atom is -0.379 e. The Balaban J connectivity index is 1.76. The van der Waals surface area contributed by atoms with Gasteiger partial charge < -0.3 is 9.47 Å². The zero-order valence-electron chi connectivity index (χ0n) is 8.85. The van der Waals surface area contributed by atoms with Crippen LogP contribution in [0, 0.1) is 5.92 Å². The fourth-order valence-electron chi connectivity index (χ4n) is 1.15. The van der Waals surface area contributed by atoms with Gasteiger partial charge in [-0.2, -0.15) is 0 Å². The van der Waals surface area contributed by atoms with Crippen LogP contribution >= 0.6 is 0 Å². The van der Waals surface area contributed by atoms with E-state index in [4.69, 9.17) is 14.6 Å². The molecule has 1 rings (SSSR count). The lowest BCUT2D eigenvalue weighted by Gasteiger charge is -2.04. The lowest BCUT2D eigenvalue weighted by Crippen LogP contribution is -2.21. The zero-order valence-corrected chi connectivity index (χ0v) is 9.67. The van der Waals surface area contributed by atoms with E-state index >= 15 is 0 Å². The monoisotopic (exact) mass is 237 g/mol. The normalized spacial score (nSPS) is 16.9. The van der Waals surface area contributed by atoms with Crippen molar-refractivity contribution in [1.29, 1.82) is 0 Å². The molecule has 5 nitrogen and oxygen atoms in total. The van der Waals surface area contributed by atoms with Crippen molar-refractivity contribution in [1.82, 2.24) is 0 Å². The third-order valence-electron chi connectivity index (χ3n) is 2.25. The Morgan fingerprint density at radius 1 is 1.07 bits per heavy atom. The summed E-state index contributed by atoms with van der Waals surface area (Å²) in [4.78, 5) is 0. The SMILES string of the molecule is NS(=O)(=O)CCOCCOCCC1CC1. The third kappa shape index (κ3) is 8.80. The molecule has 1 aliphatic carbocycles. The average molecular weight is 237 g/mol. The molecule has 0 bridgehead atoms. The number of primary sulfonamides is 1. The minimum absolute atomic E-state index is 0.130. The first-order valence-electron chi connectivity index (χ1n) is 5.24. The molecule has 90 valence electrons. The van der Waals surface area contributed by atoms with Crippen molar-refractivity contribution < 1.29 is 17.9 Å². The van der Waals surface area contributed by atoms with Gasteiger partial charge in [-0.25, -0.2) is 13.6 Å². The van der Waals surface area contributed by atoms with Crippen LogP contribution in [0.3, 0.4) is 0 Å². The van der Waals surface area contributed by atoms with Crippen LogP contribution in [0.25, 0.3) is 0 Å². The number of nitrogens with two attached hydrogens (primary N) is 1. The maximum atomic E-state index is 10.5. The highest BCUT2D eigenvalue weighted by molar-refractivity contribution is 7.89. The fourth-order valence-corrected chi connectivity index (χ4v) is 1.50. The van der Waals surface area contributed by atoms with Gasteiger partial charge in [0.2, 0.25) is 10.0 Å². The average Bonchev–Trinajstić information content (AvgIpc) is 2.91. The summed E-state index contributed by atoms with van der Waals surface area (Å²) >= 11 is 0. The molecule has 0 unspecified atom stereocenters. The Hall–Kier alpha value is -0.170. The predicted molar refractivity (Wildman–Crippen MR) is 57.0 cm³/mol. The quantitative estimate of drug-likeness (QED) is 0.577. The molecular formula is C9H19NO4S. The standard InChI is InChI=1S/C9H19NO4S/c10-15(11,12)8-7-14-6-5-13-4-3-9-1-2-9/h9H,1-8H2,(H2,10,11,12). The van der Waals surface area contributed by atoms with Crippen molar-refractivity contribution in [2.75, 3.05) is 32.2 Å². The summed E-state index contributed by atoms with van der Waals surface area (Å²) < 4.78 is 31.4. The Labute approximate surface area is 91.0 Å². The molecule has 0 aromatic rings. The van der Waals surface area contributed by atoms with E-state index in [1.54, 1.807) is 0 Å². The number of rotatable bonds is 9. The summed E-state index contributed by atoms with van der Waals surface area (Å²) in [5, 5.41) is 4.80. The molecule has 0 atom stereocenters. The van der Waals surface area contributed by atoms with Gasteiger partial charge in [0.1, 0.15) is 0 Å². The Bertz CT molecular complexity index is 261. The summed E-state index contributed by atoms with van der Waals surface area (Å²) in [5.41, 5.74) is 0. The van der Waals surface area contributed by atoms with E-state index in [0.29, 0.717) is 13.2 Å². The van der Waals surface area contributed by atoms with Crippen LogP contribution in [0.4, 0.5) is 0 Å². The summed E-state index contributed by atoms with van der Waals surface area (Å²) in [6, 6.07) is 0. The number of hydrogen-bond donors (Lipinski definition) is 1. The van der Waals surface area contributed by atoms with Crippen LogP contribution in [-0.2, 0) is 19.5 Å². The van der Waals surface area contributed by atoms with Gasteiger partial charge in [-0.15, -0.1) is 0 Å². The lowest BCUT2D eigenvalue weighted by molar-refractivity contribution is 0.0511. The Morgan fingerprint density at radius 3 is 2.20 bits per heavy atom. The minimum atomic E-state index is -3.39. The molecule has 0 amide bonds. The molecule has 0 spiro atoms. The molecule has 0 aliphatic heterocycles. The van der Waals surface area contributed by atoms with E-state index in [0.717, 1.165) is 18.9 Å². The summed E-state index contributed by atoms with van der Waals surface area (Å²) in [6.45, 7) is 1.88. The van der Waals surface area contributed by atoms with Crippen molar-refractivity contribution in [3.63, 3.8) is 0 Å². The van der Waals surface area contributed by atoms with Crippen molar-refractivity contribution in [3.05, 3.63) is 0 Å². The van der Waals surface area contributed by atoms with Crippen LogP contribution in [0.2, 0.25) is 0 Å². The molecule has 1 aliphatic rings. The smallest absolute Gasteiger partial charge is 0.211 e. The van der Waals surface area contributed by atoms with Crippen molar-refractivity contribution in [2.24, 2.45) is 11.1 Å². The highest BCUT2D eigenvalue weighted by atomic mass is 32.2. The van der Waals surface area contributed by atoms with E-state index in [9.17, 15) is 8.42 Å². The van der Waals surface area contributed by atoms with Crippen LogP contribution in [0.15, 0.2) is 0 Å². The van der Waals surface area contributed by atoms with E-state index in [2.05, 4.69) is 0 Å². The van der Waals surface area contributed by atoms with Gasteiger partial charge in [0, 0.05) is 6.61 Å². The van der Waals surface area contributed by atoms with Gasteiger partial charge in [0.15, 0.2) is 0 Å². The fraction of sp³-hybridized carbons (Fsp3) is 1.00. The molecule has 0 radical (unpaired) electrons. The highest BCUT2D eigenvalue weighted by Gasteiger charge is 2.20. The molecule has 1 saturated carbocycles. The second kappa shape index (κ2) is 6.42. The molecular weight excluding hydrogens is 218 g/mol. The second-order valence-electron chi connectivity index (χ2n) is 3.82. The van der Waals surface area contributed by atoms with Gasteiger partial charge in [-0.3, -0.25) is 0 Å². The molecule has 6 heteroatoms. The van der Waals surface area contributed by atoms with E-state index in [-0.39, 0.29) is 12.4 Å². The van der Waals surface area contributed by atoms with Crippen LogP contribution in [-0.4, -0.2) is 40.6 Å². The first-order chi connectivity index (χ1) is 7.08. The number of ether oxygens (including phenoxy) is 2. The topological polar surface area (TPSA) is 78.6 Å². The van der Waals surface area contributed by atoms with Crippen molar-refractivity contribution in [3.8, 4) is 0 Å². The number of sulfonamides is 1. The van der Waals surface area contributed by atoms with Gasteiger partial charge in [-0.05, 0) is 12.3 Å². The van der Waals surface area contributed by atoms with Crippen LogP contribution < -0.4 is 5.14 Å². The maximum absolute atomic E-state index is 10.5. The highest BCUT2D eigenvalue weighted by Crippen LogP contribution is 2.31. The second-order valence-corrected chi connectivity index (χ2v) is 5.56. The predicted octanol–water partition coefficient (Wildman–Crippen LogP) is 0.108. The van der Waals surface area contributed by atoms with Gasteiger partial charge in [0.05, 0.1) is 25.6 Å². The molecule has 0 saturated heterocycles. The van der Waals surface area contributed by atoms with Crippen LogP contribution in [0.5, 0.6) is 0 Å². The van der Waals surface area contributed by atoms with Crippen molar-refractivity contribution >= 4 is 10.0 Å². The van der Waals surface area contributed by atoms with E-state index in [1.807, 2.05) is 0 Å². The first-order valence-corrected chi connectivity index (χ1v) is 6.95. The van der Waals surface area contributed by atoms with Gasteiger partial charge in [-0.1, -0.05) is 12.8 Å². The molecule has 2 N–H and O–H groups in total. The summed E-state index contributed by atoms with van der Waals surface area (Å²) in [7, 11) is -3.39. The Kier molecular flexibility index (Phi) is 5.52. The molecule has 1 fully saturated rings. The molecule has 0 aromatic heterocycles. The molecule has 0 aromatic carbocycles. The van der Waals surface area contributed by atoms with Gasteiger partial charge >= 0.3 is 0 Å². The largest absolute Gasteiger partial charge is 0.379 e. The lowest BCUT2D eigenvalue weighted by atomic mass is 10.3. The number of hydrogen-bond acceptors (Lipinski definition) is 4. The third-order valence-corrected chi connectivity index (χ3v) is 2.99. The molecule has 15 heavy (non-hydrogen) atoms. The Morgan fingerprint density at radius 2 is 1.67 bits per heavy atom. The molecule has 0 heterocycles. The van der Waals surface area contributed by atoms with Crippen LogP contribution in [0.1, 0.15) is 19.3 Å².